The summed E-state index contributed by atoms with van der Waals surface area (Å²) in [5, 5.41) is 14.5. The Balaban J connectivity index is 1.36. The molecule has 1 aliphatic rings. The SMILES string of the molecule is COc1ccccc1CC(=O)Nc1ccc(Nc2cc(N3CCCC3)cnn2)cc1. The lowest BCUT2D eigenvalue weighted by Gasteiger charge is -2.17. The molecule has 1 aliphatic heterocycles. The fraction of sp³-hybridized carbons (Fsp3) is 0.261. The topological polar surface area (TPSA) is 79.4 Å². The first-order valence-corrected chi connectivity index (χ1v) is 10.1. The quantitative estimate of drug-likeness (QED) is 0.621. The predicted molar refractivity (Wildman–Crippen MR) is 119 cm³/mol. The van der Waals surface area contributed by atoms with E-state index in [1.807, 2.05) is 54.6 Å². The minimum atomic E-state index is -0.0932. The summed E-state index contributed by atoms with van der Waals surface area (Å²) in [6.45, 7) is 2.13. The molecule has 2 aromatic carbocycles. The van der Waals surface area contributed by atoms with Gasteiger partial charge in [0.05, 0.1) is 25.4 Å². The van der Waals surface area contributed by atoms with Gasteiger partial charge in [0.15, 0.2) is 5.82 Å². The molecule has 1 fully saturated rings. The second-order valence-electron chi connectivity index (χ2n) is 7.23. The molecule has 30 heavy (non-hydrogen) atoms. The van der Waals surface area contributed by atoms with Gasteiger partial charge < -0.3 is 20.3 Å². The van der Waals surface area contributed by atoms with Gasteiger partial charge in [0.1, 0.15) is 5.75 Å². The van der Waals surface area contributed by atoms with Crippen LogP contribution in [0.2, 0.25) is 0 Å². The number of nitrogens with zero attached hydrogens (tertiary/aromatic N) is 3. The van der Waals surface area contributed by atoms with Crippen molar-refractivity contribution in [2.75, 3.05) is 35.7 Å². The molecule has 0 bridgehead atoms. The van der Waals surface area contributed by atoms with Crippen molar-refractivity contribution in [3.8, 4) is 5.75 Å². The number of nitrogens with one attached hydrogen (secondary N) is 2. The second kappa shape index (κ2) is 9.26. The minimum absolute atomic E-state index is 0.0932. The van der Waals surface area contributed by atoms with Gasteiger partial charge in [-0.2, -0.15) is 5.10 Å². The standard InChI is InChI=1S/C23H25N5O2/c1-30-21-7-3-2-6-17(21)14-23(29)26-19-10-8-18(9-11-19)25-22-15-20(16-24-27-22)28-12-4-5-13-28/h2-3,6-11,15-16H,4-5,12-14H2,1H3,(H,25,27)(H,26,29). The van der Waals surface area contributed by atoms with Crippen LogP contribution in [0.4, 0.5) is 22.9 Å². The fourth-order valence-corrected chi connectivity index (χ4v) is 3.58. The highest BCUT2D eigenvalue weighted by atomic mass is 16.5. The summed E-state index contributed by atoms with van der Waals surface area (Å²) in [5.74, 6) is 1.32. The van der Waals surface area contributed by atoms with Gasteiger partial charge in [-0.05, 0) is 43.2 Å². The molecule has 0 aliphatic carbocycles. The summed E-state index contributed by atoms with van der Waals surface area (Å²) in [7, 11) is 1.60. The number of aromatic nitrogens is 2. The predicted octanol–water partition coefficient (Wildman–Crippen LogP) is 4.01. The molecule has 0 spiro atoms. The second-order valence-corrected chi connectivity index (χ2v) is 7.23. The zero-order valence-electron chi connectivity index (χ0n) is 17.0. The first-order chi connectivity index (χ1) is 14.7. The fourth-order valence-electron chi connectivity index (χ4n) is 3.58. The molecule has 0 unspecified atom stereocenters. The number of hydrogen-bond donors (Lipinski definition) is 2. The van der Waals surface area contributed by atoms with E-state index in [-0.39, 0.29) is 12.3 Å². The molecular weight excluding hydrogens is 378 g/mol. The lowest BCUT2D eigenvalue weighted by Crippen LogP contribution is -2.18. The Kier molecular flexibility index (Phi) is 6.08. The van der Waals surface area contributed by atoms with Crippen LogP contribution in [-0.2, 0) is 11.2 Å². The van der Waals surface area contributed by atoms with Crippen molar-refractivity contribution in [2.24, 2.45) is 0 Å². The first kappa shape index (κ1) is 19.7. The van der Waals surface area contributed by atoms with E-state index < -0.39 is 0 Å². The number of carbonyl (C=O) groups excluding carboxylic acids is 1. The van der Waals surface area contributed by atoms with E-state index >= 15 is 0 Å². The Bertz CT molecular complexity index is 1000. The molecule has 2 N–H and O–H groups in total. The summed E-state index contributed by atoms with van der Waals surface area (Å²) in [4.78, 5) is 14.7. The van der Waals surface area contributed by atoms with Crippen LogP contribution >= 0.6 is 0 Å². The van der Waals surface area contributed by atoms with E-state index in [0.29, 0.717) is 11.6 Å². The normalized spacial score (nSPS) is 13.2. The number of carbonyl (C=O) groups is 1. The van der Waals surface area contributed by atoms with Crippen LogP contribution in [0.15, 0.2) is 60.8 Å². The molecule has 1 amide bonds. The first-order valence-electron chi connectivity index (χ1n) is 10.1. The van der Waals surface area contributed by atoms with Gasteiger partial charge in [-0.15, -0.1) is 5.10 Å². The number of methoxy groups -OCH3 is 1. The van der Waals surface area contributed by atoms with Crippen LogP contribution in [0.25, 0.3) is 0 Å². The van der Waals surface area contributed by atoms with Gasteiger partial charge in [0.25, 0.3) is 0 Å². The molecule has 0 radical (unpaired) electrons. The third-order valence-electron chi connectivity index (χ3n) is 5.10. The number of anilines is 4. The van der Waals surface area contributed by atoms with Crippen LogP contribution in [-0.4, -0.2) is 36.3 Å². The highest BCUT2D eigenvalue weighted by Crippen LogP contribution is 2.24. The van der Waals surface area contributed by atoms with Gasteiger partial charge in [-0.25, -0.2) is 0 Å². The lowest BCUT2D eigenvalue weighted by atomic mass is 10.1. The average Bonchev–Trinajstić information content (AvgIpc) is 3.31. The number of ether oxygens (including phenoxy) is 1. The maximum atomic E-state index is 12.4. The van der Waals surface area contributed by atoms with E-state index in [4.69, 9.17) is 4.74 Å². The van der Waals surface area contributed by atoms with Crippen LogP contribution in [0.3, 0.4) is 0 Å². The van der Waals surface area contributed by atoms with Crippen molar-refractivity contribution in [3.05, 3.63) is 66.4 Å². The van der Waals surface area contributed by atoms with E-state index in [9.17, 15) is 4.79 Å². The minimum Gasteiger partial charge on any atom is -0.496 e. The number of amides is 1. The van der Waals surface area contributed by atoms with Crippen molar-refractivity contribution in [3.63, 3.8) is 0 Å². The molecule has 1 aromatic heterocycles. The third kappa shape index (κ3) is 4.86. The number of benzene rings is 2. The maximum Gasteiger partial charge on any atom is 0.228 e. The number of hydrogen-bond acceptors (Lipinski definition) is 6. The highest BCUT2D eigenvalue weighted by Gasteiger charge is 2.13. The number of rotatable bonds is 7. The molecule has 2 heterocycles. The Hall–Kier alpha value is -3.61. The summed E-state index contributed by atoms with van der Waals surface area (Å²) < 4.78 is 5.31. The van der Waals surface area contributed by atoms with Gasteiger partial charge in [-0.3, -0.25) is 4.79 Å². The maximum absolute atomic E-state index is 12.4. The average molecular weight is 403 g/mol. The monoisotopic (exact) mass is 403 g/mol. The molecular formula is C23H25N5O2. The molecule has 0 atom stereocenters. The molecule has 0 saturated carbocycles. The number of para-hydroxylation sites is 1. The van der Waals surface area contributed by atoms with Crippen molar-refractivity contribution in [1.82, 2.24) is 10.2 Å². The molecule has 7 heteroatoms. The van der Waals surface area contributed by atoms with Gasteiger partial charge in [0, 0.05) is 36.1 Å². The van der Waals surface area contributed by atoms with E-state index in [0.717, 1.165) is 35.7 Å². The zero-order chi connectivity index (χ0) is 20.8. The van der Waals surface area contributed by atoms with Crippen molar-refractivity contribution < 1.29 is 9.53 Å². The van der Waals surface area contributed by atoms with Crippen LogP contribution in [0.5, 0.6) is 5.75 Å². The summed E-state index contributed by atoms with van der Waals surface area (Å²) in [6.07, 6.45) is 4.49. The largest absolute Gasteiger partial charge is 0.496 e. The smallest absolute Gasteiger partial charge is 0.228 e. The van der Waals surface area contributed by atoms with Crippen LogP contribution in [0.1, 0.15) is 18.4 Å². The van der Waals surface area contributed by atoms with E-state index in [2.05, 4.69) is 25.7 Å². The van der Waals surface area contributed by atoms with Crippen LogP contribution in [0, 0.1) is 0 Å². The third-order valence-corrected chi connectivity index (χ3v) is 5.10. The Morgan fingerprint density at radius 3 is 2.57 bits per heavy atom. The molecule has 1 saturated heterocycles. The summed E-state index contributed by atoms with van der Waals surface area (Å²) in [6, 6.07) is 17.1. The highest BCUT2D eigenvalue weighted by molar-refractivity contribution is 5.92. The van der Waals surface area contributed by atoms with Crippen LogP contribution < -0.4 is 20.3 Å². The molecule has 7 nitrogen and oxygen atoms in total. The summed E-state index contributed by atoms with van der Waals surface area (Å²) in [5.41, 5.74) is 3.56. The van der Waals surface area contributed by atoms with E-state index in [1.165, 1.54) is 12.8 Å². The Labute approximate surface area is 176 Å². The molecule has 3 aromatic rings. The van der Waals surface area contributed by atoms with Gasteiger partial charge in [-0.1, -0.05) is 18.2 Å². The van der Waals surface area contributed by atoms with Crippen molar-refractivity contribution >= 4 is 28.8 Å². The Morgan fingerprint density at radius 1 is 1.07 bits per heavy atom. The summed E-state index contributed by atoms with van der Waals surface area (Å²) >= 11 is 0. The Morgan fingerprint density at radius 2 is 1.80 bits per heavy atom. The van der Waals surface area contributed by atoms with Gasteiger partial charge in [0.2, 0.25) is 5.91 Å². The molecule has 154 valence electrons. The van der Waals surface area contributed by atoms with Gasteiger partial charge >= 0.3 is 0 Å². The lowest BCUT2D eigenvalue weighted by molar-refractivity contribution is -0.115. The zero-order valence-corrected chi connectivity index (χ0v) is 17.0. The van der Waals surface area contributed by atoms with E-state index in [1.54, 1.807) is 13.3 Å². The molecule has 4 rings (SSSR count). The van der Waals surface area contributed by atoms with Crippen molar-refractivity contribution in [2.45, 2.75) is 19.3 Å². The van der Waals surface area contributed by atoms with Crippen molar-refractivity contribution in [1.29, 1.82) is 0 Å².